The Morgan fingerprint density at radius 2 is 1.89 bits per heavy atom. The van der Waals surface area contributed by atoms with Gasteiger partial charge in [-0.05, 0) is 31.2 Å². The number of likely N-dealkylation sites (N-methyl/N-ethyl adjacent to an activating group) is 1. The lowest BCUT2D eigenvalue weighted by Crippen LogP contribution is -2.36. The molecule has 3 N–H and O–H groups in total. The van der Waals surface area contributed by atoms with Gasteiger partial charge in [0.2, 0.25) is 15.9 Å². The summed E-state index contributed by atoms with van der Waals surface area (Å²) >= 11 is 0. The second-order valence-electron chi connectivity index (χ2n) is 4.47. The van der Waals surface area contributed by atoms with Gasteiger partial charge in [-0.1, -0.05) is 0 Å². The van der Waals surface area contributed by atoms with Gasteiger partial charge in [0.1, 0.15) is 0 Å². The summed E-state index contributed by atoms with van der Waals surface area (Å²) in [5.41, 5.74) is 6.15. The Bertz CT molecular complexity index is 538. The molecule has 0 radical (unpaired) electrons. The molecule has 19 heavy (non-hydrogen) atoms. The minimum absolute atomic E-state index is 0.171. The maximum absolute atomic E-state index is 12.2. The van der Waals surface area contributed by atoms with Gasteiger partial charge in [0.25, 0.3) is 0 Å². The van der Waals surface area contributed by atoms with Crippen LogP contribution in [0.25, 0.3) is 0 Å². The van der Waals surface area contributed by atoms with Gasteiger partial charge < -0.3 is 11.1 Å². The molecule has 0 aromatic heterocycles. The predicted molar refractivity (Wildman–Crippen MR) is 74.2 cm³/mol. The Balaban J connectivity index is 2.93. The van der Waals surface area contributed by atoms with Crippen molar-refractivity contribution >= 4 is 21.6 Å². The molecule has 0 fully saturated rings. The maximum Gasteiger partial charge on any atom is 0.242 e. The molecular weight excluding hydrogens is 266 g/mol. The molecule has 0 saturated heterocycles. The van der Waals surface area contributed by atoms with Crippen LogP contribution in [0.15, 0.2) is 29.2 Å². The van der Waals surface area contributed by atoms with E-state index in [1.807, 2.05) is 0 Å². The third-order valence-corrected chi connectivity index (χ3v) is 4.27. The summed E-state index contributed by atoms with van der Waals surface area (Å²) in [4.78, 5) is 11.0. The van der Waals surface area contributed by atoms with Crippen molar-refractivity contribution in [1.82, 2.24) is 4.31 Å². The number of carbonyl (C=O) groups is 1. The topological polar surface area (TPSA) is 92.5 Å². The number of nitrogens with two attached hydrogens (primary N) is 1. The Morgan fingerprint density at radius 3 is 2.32 bits per heavy atom. The standard InChI is InChI=1S/C12H19N3O3S/c1-9(13)8-15(3)19(17,18)12-6-4-11(5-7-12)14-10(2)16/h4-7,9H,8,13H2,1-3H3,(H,14,16). The molecule has 1 atom stereocenters. The Kier molecular flexibility index (Phi) is 5.04. The van der Waals surface area contributed by atoms with Crippen LogP contribution in [0.3, 0.4) is 0 Å². The van der Waals surface area contributed by atoms with E-state index in [1.54, 1.807) is 19.1 Å². The first kappa shape index (κ1) is 15.6. The van der Waals surface area contributed by atoms with Gasteiger partial charge in [-0.25, -0.2) is 8.42 Å². The number of carbonyl (C=O) groups excluding carboxylic acids is 1. The van der Waals surface area contributed by atoms with Crippen LogP contribution in [-0.2, 0) is 14.8 Å². The summed E-state index contributed by atoms with van der Waals surface area (Å²) in [6.07, 6.45) is 0. The summed E-state index contributed by atoms with van der Waals surface area (Å²) in [5, 5.41) is 2.58. The SMILES string of the molecule is CC(=O)Nc1ccc(S(=O)(=O)N(C)CC(C)N)cc1. The first-order valence-corrected chi connectivity index (χ1v) is 7.27. The minimum atomic E-state index is -3.54. The number of nitrogens with one attached hydrogen (secondary N) is 1. The highest BCUT2D eigenvalue weighted by atomic mass is 32.2. The highest BCUT2D eigenvalue weighted by Crippen LogP contribution is 2.17. The Morgan fingerprint density at radius 1 is 1.37 bits per heavy atom. The molecule has 7 heteroatoms. The summed E-state index contributed by atoms with van der Waals surface area (Å²) in [6, 6.07) is 5.77. The highest BCUT2D eigenvalue weighted by Gasteiger charge is 2.21. The van der Waals surface area contributed by atoms with Crippen molar-refractivity contribution in [2.45, 2.75) is 24.8 Å². The van der Waals surface area contributed by atoms with Gasteiger partial charge in [0, 0.05) is 32.2 Å². The lowest BCUT2D eigenvalue weighted by molar-refractivity contribution is -0.114. The van der Waals surface area contributed by atoms with Crippen molar-refractivity contribution in [3.8, 4) is 0 Å². The fourth-order valence-corrected chi connectivity index (χ4v) is 2.87. The molecule has 0 aliphatic carbocycles. The smallest absolute Gasteiger partial charge is 0.242 e. The van der Waals surface area contributed by atoms with Gasteiger partial charge in [-0.15, -0.1) is 0 Å². The molecule has 0 aliphatic rings. The summed E-state index contributed by atoms with van der Waals surface area (Å²) in [6.45, 7) is 3.38. The second kappa shape index (κ2) is 6.14. The van der Waals surface area contributed by atoms with Crippen LogP contribution in [0.4, 0.5) is 5.69 Å². The van der Waals surface area contributed by atoms with E-state index in [-0.39, 0.29) is 23.4 Å². The molecule has 1 rings (SSSR count). The average molecular weight is 285 g/mol. The monoisotopic (exact) mass is 285 g/mol. The molecule has 106 valence electrons. The molecule has 0 aliphatic heterocycles. The molecule has 1 unspecified atom stereocenters. The molecule has 1 aromatic carbocycles. The van der Waals surface area contributed by atoms with Crippen LogP contribution in [0.5, 0.6) is 0 Å². The van der Waals surface area contributed by atoms with Crippen LogP contribution < -0.4 is 11.1 Å². The van der Waals surface area contributed by atoms with Crippen LogP contribution in [0.1, 0.15) is 13.8 Å². The Labute approximate surface area is 113 Å². The van der Waals surface area contributed by atoms with E-state index in [0.29, 0.717) is 5.69 Å². The van der Waals surface area contributed by atoms with E-state index in [9.17, 15) is 13.2 Å². The molecule has 1 aromatic rings. The minimum Gasteiger partial charge on any atom is -0.327 e. The first-order chi connectivity index (χ1) is 8.73. The van der Waals surface area contributed by atoms with Crippen molar-refractivity contribution in [2.24, 2.45) is 5.73 Å². The first-order valence-electron chi connectivity index (χ1n) is 5.83. The van der Waals surface area contributed by atoms with Crippen LogP contribution in [0, 0.1) is 0 Å². The van der Waals surface area contributed by atoms with E-state index >= 15 is 0 Å². The number of hydrogen-bond acceptors (Lipinski definition) is 4. The molecule has 0 bridgehead atoms. The van der Waals surface area contributed by atoms with Crippen LogP contribution in [0.2, 0.25) is 0 Å². The lowest BCUT2D eigenvalue weighted by atomic mass is 10.3. The van der Waals surface area contributed by atoms with Gasteiger partial charge in [-0.2, -0.15) is 4.31 Å². The zero-order valence-electron chi connectivity index (χ0n) is 11.3. The zero-order chi connectivity index (χ0) is 14.6. The van der Waals surface area contributed by atoms with Gasteiger partial charge >= 0.3 is 0 Å². The van der Waals surface area contributed by atoms with E-state index in [1.165, 1.54) is 30.4 Å². The maximum atomic E-state index is 12.2. The Hall–Kier alpha value is -1.44. The number of sulfonamides is 1. The van der Waals surface area contributed by atoms with Crippen molar-refractivity contribution in [3.63, 3.8) is 0 Å². The number of benzene rings is 1. The van der Waals surface area contributed by atoms with Gasteiger partial charge in [-0.3, -0.25) is 4.79 Å². The van der Waals surface area contributed by atoms with E-state index in [4.69, 9.17) is 5.73 Å². The summed E-state index contributed by atoms with van der Waals surface area (Å²) < 4.78 is 25.6. The van der Waals surface area contributed by atoms with Crippen LogP contribution >= 0.6 is 0 Å². The van der Waals surface area contributed by atoms with E-state index in [0.717, 1.165) is 0 Å². The molecule has 0 spiro atoms. The third kappa shape index (κ3) is 4.30. The lowest BCUT2D eigenvalue weighted by Gasteiger charge is -2.19. The van der Waals surface area contributed by atoms with Gasteiger partial charge in [0.15, 0.2) is 0 Å². The molecule has 0 saturated carbocycles. The predicted octanol–water partition coefficient (Wildman–Crippen LogP) is 0.613. The van der Waals surface area contributed by atoms with Crippen molar-refractivity contribution < 1.29 is 13.2 Å². The van der Waals surface area contributed by atoms with Crippen LogP contribution in [-0.4, -0.2) is 38.3 Å². The number of anilines is 1. The quantitative estimate of drug-likeness (QED) is 0.829. The largest absolute Gasteiger partial charge is 0.327 e. The van der Waals surface area contributed by atoms with E-state index < -0.39 is 10.0 Å². The normalized spacial score (nSPS) is 13.3. The van der Waals surface area contributed by atoms with Crippen molar-refractivity contribution in [3.05, 3.63) is 24.3 Å². The van der Waals surface area contributed by atoms with Crippen molar-refractivity contribution in [1.29, 1.82) is 0 Å². The molecule has 1 amide bonds. The third-order valence-electron chi connectivity index (χ3n) is 2.43. The van der Waals surface area contributed by atoms with Gasteiger partial charge in [0.05, 0.1) is 4.90 Å². The number of nitrogens with zero attached hydrogens (tertiary/aromatic N) is 1. The fourth-order valence-electron chi connectivity index (χ4n) is 1.60. The fraction of sp³-hybridized carbons (Fsp3) is 0.417. The van der Waals surface area contributed by atoms with Crippen molar-refractivity contribution in [2.75, 3.05) is 18.9 Å². The number of hydrogen-bond donors (Lipinski definition) is 2. The number of rotatable bonds is 5. The molecular formula is C12H19N3O3S. The zero-order valence-corrected chi connectivity index (χ0v) is 12.1. The molecule has 0 heterocycles. The summed E-state index contributed by atoms with van der Waals surface area (Å²) in [5.74, 6) is -0.204. The van der Waals surface area contributed by atoms with E-state index in [2.05, 4.69) is 5.32 Å². The second-order valence-corrected chi connectivity index (χ2v) is 6.51. The summed E-state index contributed by atoms with van der Waals surface area (Å²) in [7, 11) is -2.05. The number of amides is 1. The highest BCUT2D eigenvalue weighted by molar-refractivity contribution is 7.89. The molecule has 6 nitrogen and oxygen atoms in total. The average Bonchev–Trinajstić information content (AvgIpc) is 2.27.